The number of hydrogen-bond acceptors (Lipinski definition) is 4. The predicted octanol–water partition coefficient (Wildman–Crippen LogP) is 6.50. The molecule has 2 amide bonds. The third-order valence-electron chi connectivity index (χ3n) is 6.77. The molecule has 0 atom stereocenters. The molecule has 2 N–H and O–H groups in total. The van der Waals surface area contributed by atoms with E-state index in [4.69, 9.17) is 16.3 Å². The number of nitrogens with one attached hydrogen (secondary N) is 1. The number of rotatable bonds is 13. The van der Waals surface area contributed by atoms with Crippen LogP contribution in [0.5, 0.6) is 5.75 Å². The summed E-state index contributed by atoms with van der Waals surface area (Å²) in [5.41, 5.74) is 3.79. The van der Waals surface area contributed by atoms with Gasteiger partial charge in [0.25, 0.3) is 11.8 Å². The van der Waals surface area contributed by atoms with E-state index in [-0.39, 0.29) is 24.8 Å². The molecule has 7 nitrogen and oxygen atoms in total. The number of amides is 2. The minimum Gasteiger partial charge on any atom is -0.494 e. The lowest BCUT2D eigenvalue weighted by Gasteiger charge is -2.24. The van der Waals surface area contributed by atoms with Crippen molar-refractivity contribution in [1.29, 1.82) is 0 Å². The molecule has 0 aliphatic heterocycles. The van der Waals surface area contributed by atoms with Crippen LogP contribution in [0, 0.1) is 0 Å². The molecule has 0 aromatic heterocycles. The number of aliphatic carboxylic acids is 1. The molecular weight excluding hydrogens is 552 g/mol. The maximum absolute atomic E-state index is 14.0. The topological polar surface area (TPSA) is 95.9 Å². The summed E-state index contributed by atoms with van der Waals surface area (Å²) in [5, 5.41) is 12.9. The zero-order chi connectivity index (χ0) is 29.9. The maximum Gasteiger partial charge on any atom is 0.305 e. The van der Waals surface area contributed by atoms with E-state index in [1.54, 1.807) is 53.4 Å². The van der Waals surface area contributed by atoms with Gasteiger partial charge in [0.15, 0.2) is 0 Å². The SMILES string of the molecule is CCOc1ccccc1CCN(CCC(=O)O)C(=O)c1ccccc1-c1ccccc1C(=O)NCc1cccc(Cl)c1. The summed E-state index contributed by atoms with van der Waals surface area (Å²) >= 11 is 6.09. The highest BCUT2D eigenvalue weighted by Gasteiger charge is 2.23. The van der Waals surface area contributed by atoms with E-state index in [2.05, 4.69) is 5.32 Å². The number of benzene rings is 4. The standard InChI is InChI=1S/C34H33ClN2O5/c1-2-42-31-17-8-3-11-25(31)18-20-37(21-19-32(38)39)34(41)30-16-7-5-14-28(30)27-13-4-6-15-29(27)33(40)36-23-24-10-9-12-26(35)22-24/h3-17,22H,2,18-21,23H2,1H3,(H,36,40)(H,38,39). The number of carboxylic acids is 1. The third kappa shape index (κ3) is 7.98. The van der Waals surface area contributed by atoms with E-state index in [9.17, 15) is 19.5 Å². The normalized spacial score (nSPS) is 10.6. The summed E-state index contributed by atoms with van der Waals surface area (Å²) in [6.45, 7) is 3.05. The van der Waals surface area contributed by atoms with Crippen LogP contribution < -0.4 is 10.1 Å². The maximum atomic E-state index is 14.0. The Hall–Kier alpha value is -4.62. The average molecular weight is 585 g/mol. The van der Waals surface area contributed by atoms with Crippen LogP contribution in [0.1, 0.15) is 45.2 Å². The fraction of sp³-hybridized carbons (Fsp3) is 0.206. The highest BCUT2D eigenvalue weighted by molar-refractivity contribution is 6.30. The van der Waals surface area contributed by atoms with Gasteiger partial charge in [-0.1, -0.05) is 78.3 Å². The Labute approximate surface area is 250 Å². The Balaban J connectivity index is 1.61. The summed E-state index contributed by atoms with van der Waals surface area (Å²) in [4.78, 5) is 40.3. The van der Waals surface area contributed by atoms with Gasteiger partial charge in [0.2, 0.25) is 0 Å². The van der Waals surface area contributed by atoms with Gasteiger partial charge >= 0.3 is 5.97 Å². The molecule has 0 fully saturated rings. The van der Waals surface area contributed by atoms with Crippen LogP contribution >= 0.6 is 11.6 Å². The molecule has 0 radical (unpaired) electrons. The Morgan fingerprint density at radius 1 is 0.833 bits per heavy atom. The quantitative estimate of drug-likeness (QED) is 0.187. The fourth-order valence-corrected chi connectivity index (χ4v) is 4.94. The first-order valence-corrected chi connectivity index (χ1v) is 14.2. The van der Waals surface area contributed by atoms with Gasteiger partial charge in [-0.25, -0.2) is 0 Å². The first kappa shape index (κ1) is 30.3. The number of carbonyl (C=O) groups excluding carboxylic acids is 2. The van der Waals surface area contributed by atoms with Crippen LogP contribution in [0.15, 0.2) is 97.1 Å². The molecule has 42 heavy (non-hydrogen) atoms. The largest absolute Gasteiger partial charge is 0.494 e. The van der Waals surface area contributed by atoms with Crippen molar-refractivity contribution in [2.75, 3.05) is 19.7 Å². The van der Waals surface area contributed by atoms with Gasteiger partial charge in [-0.3, -0.25) is 14.4 Å². The second-order valence-corrected chi connectivity index (χ2v) is 10.1. The fourth-order valence-electron chi connectivity index (χ4n) is 4.72. The molecular formula is C34H33ClN2O5. The lowest BCUT2D eigenvalue weighted by Crippen LogP contribution is -2.35. The van der Waals surface area contributed by atoms with Crippen molar-refractivity contribution < 1.29 is 24.2 Å². The van der Waals surface area contributed by atoms with Crippen molar-refractivity contribution >= 4 is 29.4 Å². The molecule has 0 saturated carbocycles. The van der Waals surface area contributed by atoms with Crippen LogP contribution in [0.4, 0.5) is 0 Å². The van der Waals surface area contributed by atoms with Crippen molar-refractivity contribution in [3.63, 3.8) is 0 Å². The second kappa shape index (κ2) is 14.8. The average Bonchev–Trinajstić information content (AvgIpc) is 3.00. The van der Waals surface area contributed by atoms with Gasteiger partial charge in [0.1, 0.15) is 5.75 Å². The molecule has 0 spiro atoms. The molecule has 8 heteroatoms. The Bertz CT molecular complexity index is 1550. The van der Waals surface area contributed by atoms with Crippen molar-refractivity contribution in [3.8, 4) is 16.9 Å². The van der Waals surface area contributed by atoms with E-state index >= 15 is 0 Å². The molecule has 0 unspecified atom stereocenters. The molecule has 4 aromatic rings. The summed E-state index contributed by atoms with van der Waals surface area (Å²) in [6, 6.07) is 29.1. The van der Waals surface area contributed by atoms with Crippen molar-refractivity contribution in [3.05, 3.63) is 124 Å². The van der Waals surface area contributed by atoms with Crippen molar-refractivity contribution in [2.45, 2.75) is 26.3 Å². The number of para-hydroxylation sites is 1. The number of carbonyl (C=O) groups is 3. The minimum absolute atomic E-state index is 0.0427. The van der Waals surface area contributed by atoms with Gasteiger partial charge in [0.05, 0.1) is 13.0 Å². The van der Waals surface area contributed by atoms with Crippen LogP contribution in [-0.2, 0) is 17.8 Å². The summed E-state index contributed by atoms with van der Waals surface area (Å²) < 4.78 is 5.74. The molecule has 0 saturated heterocycles. The van der Waals surface area contributed by atoms with Gasteiger partial charge in [-0.2, -0.15) is 0 Å². The zero-order valence-corrected chi connectivity index (χ0v) is 24.1. The summed E-state index contributed by atoms with van der Waals surface area (Å²) in [7, 11) is 0. The van der Waals surface area contributed by atoms with E-state index in [0.29, 0.717) is 53.4 Å². The van der Waals surface area contributed by atoms with E-state index in [0.717, 1.165) is 16.9 Å². The van der Waals surface area contributed by atoms with Crippen LogP contribution in [0.25, 0.3) is 11.1 Å². The van der Waals surface area contributed by atoms with Crippen LogP contribution in [-0.4, -0.2) is 47.5 Å². The summed E-state index contributed by atoms with van der Waals surface area (Å²) in [5.74, 6) is -0.848. The Kier molecular flexibility index (Phi) is 10.7. The van der Waals surface area contributed by atoms with Crippen LogP contribution in [0.3, 0.4) is 0 Å². The van der Waals surface area contributed by atoms with Crippen LogP contribution in [0.2, 0.25) is 5.02 Å². The molecule has 0 bridgehead atoms. The number of nitrogens with zero attached hydrogens (tertiary/aromatic N) is 1. The van der Waals surface area contributed by atoms with E-state index in [1.807, 2.05) is 55.5 Å². The predicted molar refractivity (Wildman–Crippen MR) is 164 cm³/mol. The first-order valence-electron chi connectivity index (χ1n) is 13.8. The van der Waals surface area contributed by atoms with Gasteiger partial charge in [0, 0.05) is 35.8 Å². The third-order valence-corrected chi connectivity index (χ3v) is 7.00. The number of carboxylic acid groups (broad SMARTS) is 1. The minimum atomic E-state index is -0.988. The number of hydrogen-bond donors (Lipinski definition) is 2. The van der Waals surface area contributed by atoms with E-state index in [1.165, 1.54) is 0 Å². The smallest absolute Gasteiger partial charge is 0.305 e. The molecule has 0 heterocycles. The highest BCUT2D eigenvalue weighted by Crippen LogP contribution is 2.29. The van der Waals surface area contributed by atoms with E-state index < -0.39 is 5.97 Å². The molecule has 4 rings (SSSR count). The number of halogens is 1. The molecule has 0 aliphatic rings. The monoisotopic (exact) mass is 584 g/mol. The first-order chi connectivity index (χ1) is 20.4. The van der Waals surface area contributed by atoms with Gasteiger partial charge in [-0.15, -0.1) is 0 Å². The van der Waals surface area contributed by atoms with Crippen molar-refractivity contribution in [1.82, 2.24) is 10.2 Å². The highest BCUT2D eigenvalue weighted by atomic mass is 35.5. The summed E-state index contributed by atoms with van der Waals surface area (Å²) in [6.07, 6.45) is 0.301. The molecule has 216 valence electrons. The number of ether oxygens (including phenoxy) is 1. The molecule has 0 aliphatic carbocycles. The Morgan fingerprint density at radius 3 is 2.21 bits per heavy atom. The molecule has 4 aromatic carbocycles. The lowest BCUT2D eigenvalue weighted by molar-refractivity contribution is -0.137. The van der Waals surface area contributed by atoms with Gasteiger partial charge in [-0.05, 0) is 65.9 Å². The van der Waals surface area contributed by atoms with Gasteiger partial charge < -0.3 is 20.1 Å². The zero-order valence-electron chi connectivity index (χ0n) is 23.4. The van der Waals surface area contributed by atoms with Crippen molar-refractivity contribution in [2.24, 2.45) is 0 Å². The lowest BCUT2D eigenvalue weighted by atomic mass is 9.94. The second-order valence-electron chi connectivity index (χ2n) is 9.63. The Morgan fingerprint density at radius 2 is 1.50 bits per heavy atom.